The molecule has 24 heavy (non-hydrogen) atoms. The lowest BCUT2D eigenvalue weighted by Gasteiger charge is -2.23. The number of benzene rings is 3. The summed E-state index contributed by atoms with van der Waals surface area (Å²) in [7, 11) is -0.529. The van der Waals surface area contributed by atoms with Gasteiger partial charge in [0.05, 0.1) is 0 Å². The van der Waals surface area contributed by atoms with Gasteiger partial charge in [0.25, 0.3) is 0 Å². The van der Waals surface area contributed by atoms with E-state index in [2.05, 4.69) is 106 Å². The van der Waals surface area contributed by atoms with Gasteiger partial charge in [-0.05, 0) is 61.3 Å². The van der Waals surface area contributed by atoms with Crippen LogP contribution in [0.5, 0.6) is 0 Å². The molecule has 3 aromatic carbocycles. The number of allylic oxidation sites excluding steroid dienone is 1. The SMILES string of the molecule is CC=Cc1ccc(P(c2ccccc2)c2ccccc2)c(C)c1C. The van der Waals surface area contributed by atoms with Crippen molar-refractivity contribution in [1.29, 1.82) is 0 Å². The van der Waals surface area contributed by atoms with E-state index in [1.54, 1.807) is 0 Å². The van der Waals surface area contributed by atoms with Gasteiger partial charge in [-0.25, -0.2) is 0 Å². The predicted molar refractivity (Wildman–Crippen MR) is 109 cm³/mol. The fourth-order valence-corrected chi connectivity index (χ4v) is 5.53. The monoisotopic (exact) mass is 330 g/mol. The molecule has 0 saturated heterocycles. The van der Waals surface area contributed by atoms with Gasteiger partial charge in [-0.3, -0.25) is 0 Å². The molecule has 0 bridgehead atoms. The fourth-order valence-electron chi connectivity index (χ4n) is 3.01. The molecule has 0 aromatic heterocycles. The molecule has 0 unspecified atom stereocenters. The van der Waals surface area contributed by atoms with Gasteiger partial charge in [0.15, 0.2) is 0 Å². The molecular formula is C23H23P. The lowest BCUT2D eigenvalue weighted by molar-refractivity contribution is 1.35. The van der Waals surface area contributed by atoms with Crippen LogP contribution in [0.3, 0.4) is 0 Å². The molecule has 0 heterocycles. The molecule has 0 saturated carbocycles. The van der Waals surface area contributed by atoms with Gasteiger partial charge in [0, 0.05) is 0 Å². The zero-order valence-corrected chi connectivity index (χ0v) is 15.4. The van der Waals surface area contributed by atoms with E-state index in [9.17, 15) is 0 Å². The van der Waals surface area contributed by atoms with E-state index in [4.69, 9.17) is 0 Å². The third kappa shape index (κ3) is 3.35. The predicted octanol–water partition coefficient (Wildman–Crippen LogP) is 5.09. The van der Waals surface area contributed by atoms with Crippen LogP contribution < -0.4 is 15.9 Å². The van der Waals surface area contributed by atoms with E-state index in [0.29, 0.717) is 0 Å². The highest BCUT2D eigenvalue weighted by Gasteiger charge is 2.19. The van der Waals surface area contributed by atoms with Gasteiger partial charge in [-0.1, -0.05) is 84.9 Å². The molecular weight excluding hydrogens is 307 g/mol. The van der Waals surface area contributed by atoms with Crippen LogP contribution in [0.1, 0.15) is 23.6 Å². The second-order valence-electron chi connectivity index (χ2n) is 5.93. The van der Waals surface area contributed by atoms with Crippen molar-refractivity contribution in [2.24, 2.45) is 0 Å². The van der Waals surface area contributed by atoms with E-state index in [1.165, 1.54) is 32.6 Å². The summed E-state index contributed by atoms with van der Waals surface area (Å²) in [4.78, 5) is 0. The highest BCUT2D eigenvalue weighted by Crippen LogP contribution is 2.35. The molecule has 3 rings (SSSR count). The van der Waals surface area contributed by atoms with Crippen LogP contribution in [0, 0.1) is 13.8 Å². The Bertz CT molecular complexity index is 793. The van der Waals surface area contributed by atoms with Crippen LogP contribution in [0.4, 0.5) is 0 Å². The van der Waals surface area contributed by atoms with Gasteiger partial charge < -0.3 is 0 Å². The molecule has 0 radical (unpaired) electrons. The van der Waals surface area contributed by atoms with Crippen molar-refractivity contribution in [3.63, 3.8) is 0 Å². The van der Waals surface area contributed by atoms with Gasteiger partial charge in [0.1, 0.15) is 0 Å². The minimum absolute atomic E-state index is 0.529. The summed E-state index contributed by atoms with van der Waals surface area (Å²) in [6.45, 7) is 6.57. The van der Waals surface area contributed by atoms with Crippen LogP contribution in [-0.2, 0) is 0 Å². The van der Waals surface area contributed by atoms with Crippen molar-refractivity contribution >= 4 is 29.9 Å². The molecule has 0 nitrogen and oxygen atoms in total. The molecule has 120 valence electrons. The van der Waals surface area contributed by atoms with E-state index < -0.39 is 7.92 Å². The second kappa shape index (κ2) is 7.60. The van der Waals surface area contributed by atoms with E-state index >= 15 is 0 Å². The Hall–Kier alpha value is -2.17. The maximum Gasteiger partial charge on any atom is -0.0119 e. The van der Waals surface area contributed by atoms with Crippen molar-refractivity contribution in [2.75, 3.05) is 0 Å². The molecule has 1 heteroatoms. The highest BCUT2D eigenvalue weighted by atomic mass is 31.1. The van der Waals surface area contributed by atoms with E-state index in [1.807, 2.05) is 0 Å². The summed E-state index contributed by atoms with van der Waals surface area (Å²) in [5.41, 5.74) is 4.10. The lowest BCUT2D eigenvalue weighted by Crippen LogP contribution is -2.23. The van der Waals surface area contributed by atoms with Gasteiger partial charge in [-0.2, -0.15) is 0 Å². The van der Waals surface area contributed by atoms with E-state index in [0.717, 1.165) is 0 Å². The minimum Gasteiger partial charge on any atom is -0.0871 e. The Kier molecular flexibility index (Phi) is 5.28. The van der Waals surface area contributed by atoms with Crippen molar-refractivity contribution in [3.8, 4) is 0 Å². The minimum atomic E-state index is -0.529. The summed E-state index contributed by atoms with van der Waals surface area (Å²) < 4.78 is 0. The first-order chi connectivity index (χ1) is 11.7. The average Bonchev–Trinajstić information content (AvgIpc) is 2.63. The first-order valence-electron chi connectivity index (χ1n) is 8.35. The Morgan fingerprint density at radius 3 is 1.71 bits per heavy atom. The summed E-state index contributed by atoms with van der Waals surface area (Å²) >= 11 is 0. The Labute approximate surface area is 146 Å². The molecule has 0 atom stereocenters. The zero-order valence-electron chi connectivity index (χ0n) is 14.5. The van der Waals surface area contributed by atoms with E-state index in [-0.39, 0.29) is 0 Å². The Morgan fingerprint density at radius 1 is 0.667 bits per heavy atom. The smallest absolute Gasteiger partial charge is 0.0119 e. The summed E-state index contributed by atoms with van der Waals surface area (Å²) in [5, 5.41) is 4.26. The number of rotatable bonds is 4. The Balaban J connectivity index is 2.19. The molecule has 0 aliphatic rings. The molecule has 0 N–H and O–H groups in total. The van der Waals surface area contributed by atoms with Crippen molar-refractivity contribution < 1.29 is 0 Å². The van der Waals surface area contributed by atoms with Crippen LogP contribution in [0.15, 0.2) is 78.9 Å². The third-order valence-electron chi connectivity index (χ3n) is 4.42. The number of hydrogen-bond donors (Lipinski definition) is 0. The van der Waals surface area contributed by atoms with Gasteiger partial charge >= 0.3 is 0 Å². The average molecular weight is 330 g/mol. The standard InChI is InChI=1S/C23H23P/c1-4-11-20-16-17-23(19(3)18(20)2)24(21-12-7-5-8-13-21)22-14-9-6-10-15-22/h4-17H,1-3H3. The van der Waals surface area contributed by atoms with Crippen LogP contribution in [0.2, 0.25) is 0 Å². The first kappa shape index (κ1) is 16.7. The van der Waals surface area contributed by atoms with Crippen molar-refractivity contribution in [3.05, 3.63) is 95.6 Å². The summed E-state index contributed by atoms with van der Waals surface area (Å²) in [5.74, 6) is 0. The Morgan fingerprint density at radius 2 is 1.21 bits per heavy atom. The highest BCUT2D eigenvalue weighted by molar-refractivity contribution is 7.79. The van der Waals surface area contributed by atoms with Gasteiger partial charge in [0.2, 0.25) is 0 Å². The van der Waals surface area contributed by atoms with Crippen molar-refractivity contribution in [1.82, 2.24) is 0 Å². The molecule has 0 amide bonds. The number of hydrogen-bond acceptors (Lipinski definition) is 0. The maximum absolute atomic E-state index is 2.32. The molecule has 3 aromatic rings. The van der Waals surface area contributed by atoms with Crippen molar-refractivity contribution in [2.45, 2.75) is 20.8 Å². The van der Waals surface area contributed by atoms with Crippen LogP contribution in [-0.4, -0.2) is 0 Å². The second-order valence-corrected chi connectivity index (χ2v) is 8.12. The first-order valence-corrected chi connectivity index (χ1v) is 9.69. The summed E-state index contributed by atoms with van der Waals surface area (Å²) in [6, 6.07) is 26.4. The van der Waals surface area contributed by atoms with Gasteiger partial charge in [-0.15, -0.1) is 0 Å². The van der Waals surface area contributed by atoms with Crippen LogP contribution in [0.25, 0.3) is 6.08 Å². The lowest BCUT2D eigenvalue weighted by atomic mass is 10.0. The quantitative estimate of drug-likeness (QED) is 0.584. The fraction of sp³-hybridized carbons (Fsp3) is 0.130. The third-order valence-corrected chi connectivity index (χ3v) is 7.01. The maximum atomic E-state index is 2.32. The zero-order chi connectivity index (χ0) is 16.9. The molecule has 0 aliphatic carbocycles. The topological polar surface area (TPSA) is 0 Å². The largest absolute Gasteiger partial charge is 0.0871 e. The van der Waals surface area contributed by atoms with Crippen LogP contribution >= 0.6 is 7.92 Å². The molecule has 0 aliphatic heterocycles. The summed E-state index contributed by atoms with van der Waals surface area (Å²) in [6.07, 6.45) is 4.30. The normalized spacial score (nSPS) is 11.3. The molecule has 0 fully saturated rings. The molecule has 0 spiro atoms.